The number of nitrogens with zero attached hydrogens (tertiary/aromatic N) is 1. The van der Waals surface area contributed by atoms with Crippen LogP contribution in [0.2, 0.25) is 0 Å². The fraction of sp³-hybridized carbons (Fsp3) is 0.294. The summed E-state index contributed by atoms with van der Waals surface area (Å²) in [5, 5.41) is 0. The van der Waals surface area contributed by atoms with Gasteiger partial charge in [-0.25, -0.2) is 0 Å². The lowest BCUT2D eigenvalue weighted by Gasteiger charge is -2.29. The Morgan fingerprint density at radius 3 is 2.21 bits per heavy atom. The van der Waals surface area contributed by atoms with E-state index >= 15 is 0 Å². The SMILES string of the molecule is CCc1ccc(N(c2cccc(N)c2)C(C)C)cc1. The average molecular weight is 254 g/mol. The summed E-state index contributed by atoms with van der Waals surface area (Å²) in [6.45, 7) is 6.56. The molecule has 0 atom stereocenters. The van der Waals surface area contributed by atoms with E-state index in [9.17, 15) is 0 Å². The fourth-order valence-electron chi connectivity index (χ4n) is 2.31. The van der Waals surface area contributed by atoms with Crippen molar-refractivity contribution in [1.82, 2.24) is 0 Å². The molecule has 0 heterocycles. The van der Waals surface area contributed by atoms with Crippen LogP contribution in [0.5, 0.6) is 0 Å². The van der Waals surface area contributed by atoms with Gasteiger partial charge in [-0.1, -0.05) is 25.1 Å². The van der Waals surface area contributed by atoms with Crippen LogP contribution in [-0.2, 0) is 6.42 Å². The van der Waals surface area contributed by atoms with Gasteiger partial charge in [0.05, 0.1) is 0 Å². The molecule has 0 unspecified atom stereocenters. The molecule has 19 heavy (non-hydrogen) atoms. The predicted octanol–water partition coefficient (Wildman–Crippen LogP) is 4.38. The number of hydrogen-bond acceptors (Lipinski definition) is 2. The highest BCUT2D eigenvalue weighted by Gasteiger charge is 2.13. The second-order valence-corrected chi connectivity index (χ2v) is 5.08. The first-order chi connectivity index (χ1) is 9.11. The van der Waals surface area contributed by atoms with Crippen LogP contribution in [0.1, 0.15) is 26.3 Å². The lowest BCUT2D eigenvalue weighted by atomic mass is 10.1. The van der Waals surface area contributed by atoms with Gasteiger partial charge < -0.3 is 10.6 Å². The molecule has 0 saturated carbocycles. The number of nitrogens with two attached hydrogens (primary N) is 1. The number of aryl methyl sites for hydroxylation is 1. The molecule has 2 N–H and O–H groups in total. The van der Waals surface area contributed by atoms with E-state index in [1.165, 1.54) is 11.3 Å². The first-order valence-electron chi connectivity index (χ1n) is 6.85. The molecule has 2 aromatic carbocycles. The molecule has 2 nitrogen and oxygen atoms in total. The van der Waals surface area contributed by atoms with Crippen molar-refractivity contribution in [1.29, 1.82) is 0 Å². The van der Waals surface area contributed by atoms with Crippen molar-refractivity contribution in [2.45, 2.75) is 33.2 Å². The van der Waals surface area contributed by atoms with Crippen molar-refractivity contribution in [3.05, 3.63) is 54.1 Å². The Morgan fingerprint density at radius 2 is 1.68 bits per heavy atom. The van der Waals surface area contributed by atoms with Gasteiger partial charge in [0.15, 0.2) is 0 Å². The van der Waals surface area contributed by atoms with E-state index in [1.54, 1.807) is 0 Å². The summed E-state index contributed by atoms with van der Waals surface area (Å²) in [6.07, 6.45) is 1.07. The summed E-state index contributed by atoms with van der Waals surface area (Å²) >= 11 is 0. The first kappa shape index (κ1) is 13.5. The van der Waals surface area contributed by atoms with Crippen molar-refractivity contribution in [3.63, 3.8) is 0 Å². The van der Waals surface area contributed by atoms with Crippen LogP contribution in [0.15, 0.2) is 48.5 Å². The van der Waals surface area contributed by atoms with Gasteiger partial charge in [0.2, 0.25) is 0 Å². The highest BCUT2D eigenvalue weighted by Crippen LogP contribution is 2.29. The molecule has 0 amide bonds. The molecular weight excluding hydrogens is 232 g/mol. The van der Waals surface area contributed by atoms with Crippen molar-refractivity contribution in [2.24, 2.45) is 0 Å². The molecule has 0 aliphatic heterocycles. The van der Waals surface area contributed by atoms with E-state index in [0.717, 1.165) is 17.8 Å². The van der Waals surface area contributed by atoms with Crippen molar-refractivity contribution in [2.75, 3.05) is 10.6 Å². The highest BCUT2D eigenvalue weighted by molar-refractivity contribution is 5.67. The largest absolute Gasteiger partial charge is 0.399 e. The van der Waals surface area contributed by atoms with Gasteiger partial charge in [0.25, 0.3) is 0 Å². The minimum atomic E-state index is 0.384. The molecule has 0 bridgehead atoms. The number of rotatable bonds is 4. The van der Waals surface area contributed by atoms with E-state index in [4.69, 9.17) is 5.73 Å². The Balaban J connectivity index is 2.39. The monoisotopic (exact) mass is 254 g/mol. The lowest BCUT2D eigenvalue weighted by Crippen LogP contribution is -2.25. The topological polar surface area (TPSA) is 29.3 Å². The third kappa shape index (κ3) is 3.08. The van der Waals surface area contributed by atoms with Crippen LogP contribution in [-0.4, -0.2) is 6.04 Å². The number of hydrogen-bond donors (Lipinski definition) is 1. The molecule has 0 aromatic heterocycles. The Kier molecular flexibility index (Phi) is 4.10. The van der Waals surface area contributed by atoms with Crippen LogP contribution in [0.3, 0.4) is 0 Å². The fourth-order valence-corrected chi connectivity index (χ4v) is 2.31. The van der Waals surface area contributed by atoms with Crippen LogP contribution >= 0.6 is 0 Å². The average Bonchev–Trinajstić information content (AvgIpc) is 2.39. The zero-order valence-electron chi connectivity index (χ0n) is 11.9. The molecule has 2 heteroatoms. The van der Waals surface area contributed by atoms with Gasteiger partial charge in [-0.3, -0.25) is 0 Å². The van der Waals surface area contributed by atoms with Gasteiger partial charge >= 0.3 is 0 Å². The highest BCUT2D eigenvalue weighted by atomic mass is 15.2. The molecule has 0 spiro atoms. The standard InChI is InChI=1S/C17H22N2/c1-4-14-8-10-16(11-9-14)19(13(2)3)17-7-5-6-15(18)12-17/h5-13H,4,18H2,1-3H3. The third-order valence-corrected chi connectivity index (χ3v) is 3.29. The maximum Gasteiger partial charge on any atom is 0.0433 e. The summed E-state index contributed by atoms with van der Waals surface area (Å²) in [4.78, 5) is 2.30. The molecule has 2 rings (SSSR count). The van der Waals surface area contributed by atoms with Crippen molar-refractivity contribution >= 4 is 17.1 Å². The van der Waals surface area contributed by atoms with Crippen LogP contribution in [0.25, 0.3) is 0 Å². The van der Waals surface area contributed by atoms with Crippen molar-refractivity contribution in [3.8, 4) is 0 Å². The quantitative estimate of drug-likeness (QED) is 0.820. The summed E-state index contributed by atoms with van der Waals surface area (Å²) in [5.41, 5.74) is 10.4. The van der Waals surface area contributed by atoms with Gasteiger partial charge in [-0.15, -0.1) is 0 Å². The number of benzene rings is 2. The molecule has 0 fully saturated rings. The zero-order valence-corrected chi connectivity index (χ0v) is 11.9. The summed E-state index contributed by atoms with van der Waals surface area (Å²) in [5.74, 6) is 0. The lowest BCUT2D eigenvalue weighted by molar-refractivity contribution is 0.789. The Bertz CT molecular complexity index is 529. The van der Waals surface area contributed by atoms with Gasteiger partial charge in [0, 0.05) is 23.1 Å². The van der Waals surface area contributed by atoms with E-state index in [-0.39, 0.29) is 0 Å². The minimum absolute atomic E-state index is 0.384. The molecule has 0 aliphatic rings. The number of nitrogen functional groups attached to an aromatic ring is 1. The first-order valence-corrected chi connectivity index (χ1v) is 6.85. The van der Waals surface area contributed by atoms with E-state index in [0.29, 0.717) is 6.04 Å². The Morgan fingerprint density at radius 1 is 1.00 bits per heavy atom. The third-order valence-electron chi connectivity index (χ3n) is 3.29. The zero-order chi connectivity index (χ0) is 13.8. The number of anilines is 3. The van der Waals surface area contributed by atoms with Crippen LogP contribution in [0.4, 0.5) is 17.1 Å². The van der Waals surface area contributed by atoms with Crippen molar-refractivity contribution < 1.29 is 0 Å². The summed E-state index contributed by atoms with van der Waals surface area (Å²) in [6, 6.07) is 17.2. The smallest absolute Gasteiger partial charge is 0.0433 e. The molecule has 100 valence electrons. The molecule has 2 aromatic rings. The Hall–Kier alpha value is -1.96. The molecular formula is C17H22N2. The molecule has 0 aliphatic carbocycles. The van der Waals surface area contributed by atoms with E-state index in [1.807, 2.05) is 18.2 Å². The normalized spacial score (nSPS) is 10.7. The molecule has 0 saturated heterocycles. The summed E-state index contributed by atoms with van der Waals surface area (Å²) < 4.78 is 0. The van der Waals surface area contributed by atoms with E-state index < -0.39 is 0 Å². The second-order valence-electron chi connectivity index (χ2n) is 5.08. The maximum atomic E-state index is 5.89. The van der Waals surface area contributed by atoms with E-state index in [2.05, 4.69) is 56.0 Å². The van der Waals surface area contributed by atoms with Gasteiger partial charge in [0.1, 0.15) is 0 Å². The summed E-state index contributed by atoms with van der Waals surface area (Å²) in [7, 11) is 0. The second kappa shape index (κ2) is 5.79. The van der Waals surface area contributed by atoms with Crippen LogP contribution < -0.4 is 10.6 Å². The van der Waals surface area contributed by atoms with Gasteiger partial charge in [-0.2, -0.15) is 0 Å². The minimum Gasteiger partial charge on any atom is -0.399 e. The predicted molar refractivity (Wildman–Crippen MR) is 83.9 cm³/mol. The van der Waals surface area contributed by atoms with Gasteiger partial charge in [-0.05, 0) is 56.2 Å². The molecule has 0 radical (unpaired) electrons. The maximum absolute atomic E-state index is 5.89. The Labute approximate surface area is 115 Å². The van der Waals surface area contributed by atoms with Crippen LogP contribution in [0, 0.1) is 0 Å².